The van der Waals surface area contributed by atoms with E-state index >= 15 is 0 Å². The van der Waals surface area contributed by atoms with Crippen LogP contribution in [-0.4, -0.2) is 57.4 Å². The highest BCUT2D eigenvalue weighted by Crippen LogP contribution is 2.70. The highest BCUT2D eigenvalue weighted by Gasteiger charge is 2.76. The first kappa shape index (κ1) is 28.6. The Bertz CT molecular complexity index is 1530. The normalized spacial score (nSPS) is 41.2. The van der Waals surface area contributed by atoms with Gasteiger partial charge < -0.3 is 30.5 Å². The number of benzene rings is 2. The average molecular weight is 586 g/mol. The van der Waals surface area contributed by atoms with Gasteiger partial charge >= 0.3 is 0 Å². The molecule has 1 saturated heterocycles. The molecule has 226 valence electrons. The van der Waals surface area contributed by atoms with Crippen LogP contribution in [0.2, 0.25) is 0 Å². The molecule has 1 heterocycles. The number of allylic oxidation sites excluding steroid dienone is 3. The molecule has 5 aliphatic rings. The maximum atomic E-state index is 13.7. The van der Waals surface area contributed by atoms with E-state index in [0.717, 1.165) is 28.8 Å². The minimum atomic E-state index is -1.44. The number of fused-ring (bicyclic) bond motifs is 7. The van der Waals surface area contributed by atoms with Crippen LogP contribution in [0.4, 0.5) is 5.69 Å². The van der Waals surface area contributed by atoms with Crippen molar-refractivity contribution in [2.45, 2.75) is 69.7 Å². The Morgan fingerprint density at radius 1 is 1.07 bits per heavy atom. The second-order valence-electron chi connectivity index (χ2n) is 13.6. The molecule has 10 atom stereocenters. The fraction of sp³-hybridized carbons (Fsp3) is 0.486. The SMILES string of the molecule is C[C@]12C=CC(=O)C=C1[C@H](O)C[C@@H]1C2[C@@H](O)C[C@@]2(C)C1C[C@H]1O[C@@H](c3ccc(Cc4cccc(N)c4)cc3)O[C@]12C(=O)CO. The number of Topliss-reactive ketones (excluding diaryl/α,β-unsaturated/α-hetero) is 1. The van der Waals surface area contributed by atoms with Crippen LogP contribution in [0.1, 0.15) is 56.1 Å². The van der Waals surface area contributed by atoms with Crippen LogP contribution < -0.4 is 5.73 Å². The van der Waals surface area contributed by atoms with Gasteiger partial charge in [-0.05, 0) is 78.5 Å². The molecule has 0 spiro atoms. The molecule has 8 nitrogen and oxygen atoms in total. The Balaban J connectivity index is 1.19. The summed E-state index contributed by atoms with van der Waals surface area (Å²) in [6, 6.07) is 15.7. The first-order valence-electron chi connectivity index (χ1n) is 15.2. The van der Waals surface area contributed by atoms with E-state index < -0.39 is 53.4 Å². The molecule has 8 heteroatoms. The van der Waals surface area contributed by atoms with Gasteiger partial charge in [-0.1, -0.05) is 56.3 Å². The predicted molar refractivity (Wildman–Crippen MR) is 158 cm³/mol. The summed E-state index contributed by atoms with van der Waals surface area (Å²) in [6.45, 7) is 3.26. The van der Waals surface area contributed by atoms with Crippen LogP contribution in [0.3, 0.4) is 0 Å². The van der Waals surface area contributed by atoms with Crippen LogP contribution in [0, 0.1) is 28.6 Å². The molecule has 2 aromatic rings. The van der Waals surface area contributed by atoms with Crippen molar-refractivity contribution < 1.29 is 34.4 Å². The molecule has 0 radical (unpaired) electrons. The molecule has 3 saturated carbocycles. The maximum absolute atomic E-state index is 13.7. The van der Waals surface area contributed by atoms with Gasteiger partial charge in [-0.15, -0.1) is 0 Å². The highest BCUT2D eigenvalue weighted by atomic mass is 16.7. The first-order chi connectivity index (χ1) is 20.5. The molecule has 2 aromatic carbocycles. The minimum absolute atomic E-state index is 0.109. The quantitative estimate of drug-likeness (QED) is 0.392. The lowest BCUT2D eigenvalue weighted by Crippen LogP contribution is -2.64. The van der Waals surface area contributed by atoms with Crippen LogP contribution in [0.5, 0.6) is 0 Å². The summed E-state index contributed by atoms with van der Waals surface area (Å²) in [5.74, 6) is -1.10. The number of hydrogen-bond acceptors (Lipinski definition) is 8. The first-order valence-corrected chi connectivity index (χ1v) is 15.2. The zero-order valence-electron chi connectivity index (χ0n) is 24.5. The number of carbonyl (C=O) groups is 2. The molecule has 4 fully saturated rings. The lowest BCUT2D eigenvalue weighted by molar-refractivity contribution is -0.204. The van der Waals surface area contributed by atoms with Gasteiger partial charge in [0.1, 0.15) is 6.61 Å². The molecule has 7 rings (SSSR count). The van der Waals surface area contributed by atoms with E-state index in [1.165, 1.54) is 12.2 Å². The van der Waals surface area contributed by atoms with Crippen molar-refractivity contribution in [3.63, 3.8) is 0 Å². The number of aliphatic hydroxyl groups excluding tert-OH is 3. The lowest BCUT2D eigenvalue weighted by atomic mass is 9.45. The van der Waals surface area contributed by atoms with Gasteiger partial charge in [0.2, 0.25) is 0 Å². The van der Waals surface area contributed by atoms with Crippen molar-refractivity contribution in [3.05, 3.63) is 89.0 Å². The van der Waals surface area contributed by atoms with Crippen molar-refractivity contribution in [1.82, 2.24) is 0 Å². The number of hydrogen-bond donors (Lipinski definition) is 4. The van der Waals surface area contributed by atoms with E-state index in [0.29, 0.717) is 18.4 Å². The highest BCUT2D eigenvalue weighted by molar-refractivity contribution is 6.01. The molecular formula is C35H39NO7. The van der Waals surface area contributed by atoms with Crippen molar-refractivity contribution in [2.24, 2.45) is 28.6 Å². The Labute approximate surface area is 251 Å². The third kappa shape index (κ3) is 4.07. The van der Waals surface area contributed by atoms with Gasteiger partial charge in [0, 0.05) is 28.0 Å². The smallest absolute Gasteiger partial charge is 0.193 e. The summed E-state index contributed by atoms with van der Waals surface area (Å²) in [5, 5.41) is 33.3. The number of ether oxygens (including phenoxy) is 2. The number of anilines is 1. The van der Waals surface area contributed by atoms with E-state index in [1.54, 1.807) is 0 Å². The van der Waals surface area contributed by atoms with E-state index in [1.807, 2.05) is 68.5 Å². The molecule has 0 aromatic heterocycles. The van der Waals surface area contributed by atoms with E-state index in [4.69, 9.17) is 15.2 Å². The third-order valence-electron chi connectivity index (χ3n) is 11.4. The molecule has 0 bridgehead atoms. The van der Waals surface area contributed by atoms with E-state index in [-0.39, 0.29) is 30.0 Å². The third-order valence-corrected chi connectivity index (χ3v) is 11.4. The zero-order chi connectivity index (χ0) is 30.3. The van der Waals surface area contributed by atoms with Gasteiger partial charge in [-0.25, -0.2) is 0 Å². The second kappa shape index (κ2) is 9.94. The van der Waals surface area contributed by atoms with Gasteiger partial charge in [0.25, 0.3) is 0 Å². The number of aliphatic hydroxyl groups is 3. The average Bonchev–Trinajstić information content (AvgIpc) is 3.47. The molecule has 1 aliphatic heterocycles. The maximum Gasteiger partial charge on any atom is 0.193 e. The van der Waals surface area contributed by atoms with Crippen LogP contribution in [0.15, 0.2) is 72.3 Å². The van der Waals surface area contributed by atoms with Crippen molar-refractivity contribution >= 4 is 17.3 Å². The minimum Gasteiger partial charge on any atom is -0.399 e. The summed E-state index contributed by atoms with van der Waals surface area (Å²) < 4.78 is 13.2. The number of carbonyl (C=O) groups excluding carboxylic acids is 2. The fourth-order valence-electron chi connectivity index (χ4n) is 9.62. The summed E-state index contributed by atoms with van der Waals surface area (Å²) in [5.41, 5.74) is 7.32. The predicted octanol–water partition coefficient (Wildman–Crippen LogP) is 3.43. The fourth-order valence-corrected chi connectivity index (χ4v) is 9.62. The summed E-state index contributed by atoms with van der Waals surface area (Å²) in [7, 11) is 0. The van der Waals surface area contributed by atoms with Crippen LogP contribution in [-0.2, 0) is 25.5 Å². The Hall–Kier alpha value is -3.14. The summed E-state index contributed by atoms with van der Waals surface area (Å²) in [6.07, 6.45) is 3.68. The Morgan fingerprint density at radius 2 is 1.84 bits per heavy atom. The van der Waals surface area contributed by atoms with Crippen molar-refractivity contribution in [3.8, 4) is 0 Å². The molecule has 2 unspecified atom stereocenters. The summed E-state index contributed by atoms with van der Waals surface area (Å²) >= 11 is 0. The van der Waals surface area contributed by atoms with Crippen molar-refractivity contribution in [1.29, 1.82) is 0 Å². The van der Waals surface area contributed by atoms with Gasteiger partial charge in [-0.3, -0.25) is 9.59 Å². The molecule has 0 amide bonds. The number of nitrogens with two attached hydrogens (primary N) is 1. The largest absolute Gasteiger partial charge is 0.399 e. The monoisotopic (exact) mass is 585 g/mol. The standard InChI is InChI=1S/C35H39NO7/c1-33-11-10-23(38)14-26(33)27(39)15-24-25-16-30-35(29(41)18-37,34(25,2)17-28(40)31(24)33)43-32(42-30)21-8-6-19(7-9-21)12-20-4-3-5-22(36)13-20/h3-11,13-14,24-25,27-28,30-32,37,39-40H,12,15-18,36H2,1-2H3/t24-,25?,27+,28-,30+,31?,32+,33-,34-,35+/m0/s1. The van der Waals surface area contributed by atoms with Crippen LogP contribution in [0.25, 0.3) is 0 Å². The molecule has 5 N–H and O–H groups in total. The van der Waals surface area contributed by atoms with Crippen LogP contribution >= 0.6 is 0 Å². The zero-order valence-corrected chi connectivity index (χ0v) is 24.5. The molecular weight excluding hydrogens is 546 g/mol. The second-order valence-corrected chi connectivity index (χ2v) is 13.6. The Kier molecular flexibility index (Phi) is 6.62. The number of ketones is 2. The molecule has 4 aliphatic carbocycles. The summed E-state index contributed by atoms with van der Waals surface area (Å²) in [4.78, 5) is 25.9. The van der Waals surface area contributed by atoms with E-state index in [9.17, 15) is 24.9 Å². The molecule has 43 heavy (non-hydrogen) atoms. The van der Waals surface area contributed by atoms with Crippen molar-refractivity contribution in [2.75, 3.05) is 12.3 Å². The lowest BCUT2D eigenvalue weighted by Gasteiger charge is -2.60. The number of rotatable bonds is 5. The van der Waals surface area contributed by atoms with Gasteiger partial charge in [0.15, 0.2) is 23.5 Å². The topological polar surface area (TPSA) is 139 Å². The number of nitrogen functional groups attached to an aromatic ring is 1. The van der Waals surface area contributed by atoms with E-state index in [2.05, 4.69) is 0 Å². The van der Waals surface area contributed by atoms with Gasteiger partial charge in [-0.2, -0.15) is 0 Å². The Morgan fingerprint density at radius 3 is 2.56 bits per heavy atom. The van der Waals surface area contributed by atoms with Gasteiger partial charge in [0.05, 0.1) is 18.3 Å².